The Morgan fingerprint density at radius 3 is 2.10 bits per heavy atom. The molecule has 0 saturated carbocycles. The molecule has 0 spiro atoms. The third-order valence-electron chi connectivity index (χ3n) is 3.88. The van der Waals surface area contributed by atoms with Crippen LogP contribution in [0.1, 0.15) is 45.1 Å². The second kappa shape index (κ2) is 8.06. The number of nitrogens with zero attached hydrogens (tertiary/aromatic N) is 1. The topological polar surface area (TPSA) is 3.24 Å². The molecule has 0 aliphatic heterocycles. The van der Waals surface area contributed by atoms with Gasteiger partial charge in [0.25, 0.3) is 0 Å². The summed E-state index contributed by atoms with van der Waals surface area (Å²) >= 11 is 0. The molecule has 2 aromatic carbocycles. The fraction of sp³-hybridized carbons (Fsp3) is 0.474. The first kappa shape index (κ1) is 15.1. The Morgan fingerprint density at radius 1 is 0.800 bits per heavy atom. The highest BCUT2D eigenvalue weighted by atomic mass is 15.1. The van der Waals surface area contributed by atoms with E-state index in [9.17, 15) is 0 Å². The van der Waals surface area contributed by atoms with Gasteiger partial charge >= 0.3 is 0 Å². The van der Waals surface area contributed by atoms with Crippen LogP contribution in [0.5, 0.6) is 0 Å². The van der Waals surface area contributed by atoms with Crippen molar-refractivity contribution in [2.75, 3.05) is 13.1 Å². The lowest BCUT2D eigenvalue weighted by molar-refractivity contribution is 0.257. The van der Waals surface area contributed by atoms with Crippen LogP contribution in [0.2, 0.25) is 0 Å². The normalized spacial score (nSPS) is 11.3. The van der Waals surface area contributed by atoms with Crippen LogP contribution in [0.15, 0.2) is 42.5 Å². The molecule has 2 aromatic rings. The Hall–Kier alpha value is -1.34. The molecule has 108 valence electrons. The zero-order valence-electron chi connectivity index (χ0n) is 12.9. The lowest BCUT2D eigenvalue weighted by Gasteiger charge is -2.22. The molecule has 1 heteroatoms. The van der Waals surface area contributed by atoms with Gasteiger partial charge in [0.2, 0.25) is 0 Å². The molecule has 0 aromatic heterocycles. The molecule has 0 heterocycles. The minimum absolute atomic E-state index is 1.09. The smallest absolute Gasteiger partial charge is 0.0233 e. The minimum Gasteiger partial charge on any atom is -0.299 e. The quantitative estimate of drug-likeness (QED) is 0.633. The third-order valence-corrected chi connectivity index (χ3v) is 3.88. The monoisotopic (exact) mass is 269 g/mol. The van der Waals surface area contributed by atoms with Gasteiger partial charge in [0.1, 0.15) is 0 Å². The number of fused-ring (bicyclic) bond motifs is 1. The summed E-state index contributed by atoms with van der Waals surface area (Å²) in [6.07, 6.45) is 5.16. The van der Waals surface area contributed by atoms with Crippen LogP contribution in [0, 0.1) is 0 Å². The van der Waals surface area contributed by atoms with Crippen molar-refractivity contribution in [3.63, 3.8) is 0 Å². The zero-order valence-corrected chi connectivity index (χ0v) is 12.9. The lowest BCUT2D eigenvalue weighted by Crippen LogP contribution is -2.25. The number of hydrogen-bond acceptors (Lipinski definition) is 1. The summed E-state index contributed by atoms with van der Waals surface area (Å²) < 4.78 is 0. The number of hydrogen-bond donors (Lipinski definition) is 0. The molecular weight excluding hydrogens is 242 g/mol. The molecule has 0 aliphatic rings. The highest BCUT2D eigenvalue weighted by molar-refractivity contribution is 5.82. The van der Waals surface area contributed by atoms with Crippen LogP contribution >= 0.6 is 0 Å². The standard InChI is InChI=1S/C19H27N/c1-3-5-13-20(14-6-4-2)16-17-11-12-18-9-7-8-10-19(18)15-17/h7-12,15H,3-6,13-14,16H2,1-2H3. The second-order valence-corrected chi connectivity index (χ2v) is 5.66. The van der Waals surface area contributed by atoms with Gasteiger partial charge in [-0.3, -0.25) is 4.90 Å². The van der Waals surface area contributed by atoms with Crippen molar-refractivity contribution < 1.29 is 0 Å². The van der Waals surface area contributed by atoms with Gasteiger partial charge < -0.3 is 0 Å². The van der Waals surface area contributed by atoms with E-state index in [2.05, 4.69) is 61.2 Å². The second-order valence-electron chi connectivity index (χ2n) is 5.66. The Morgan fingerprint density at radius 2 is 1.45 bits per heavy atom. The van der Waals surface area contributed by atoms with Gasteiger partial charge in [-0.25, -0.2) is 0 Å². The van der Waals surface area contributed by atoms with Crippen LogP contribution < -0.4 is 0 Å². The van der Waals surface area contributed by atoms with E-state index in [0.29, 0.717) is 0 Å². The first-order valence-electron chi connectivity index (χ1n) is 8.03. The summed E-state index contributed by atoms with van der Waals surface area (Å²) in [5.41, 5.74) is 1.44. The predicted molar refractivity (Wildman–Crippen MR) is 89.0 cm³/mol. The van der Waals surface area contributed by atoms with Crippen molar-refractivity contribution in [3.05, 3.63) is 48.0 Å². The van der Waals surface area contributed by atoms with Crippen molar-refractivity contribution in [3.8, 4) is 0 Å². The van der Waals surface area contributed by atoms with Gasteiger partial charge in [-0.05, 0) is 48.3 Å². The SMILES string of the molecule is CCCCN(CCCC)Cc1ccc2ccccc2c1. The fourth-order valence-corrected chi connectivity index (χ4v) is 2.63. The van der Waals surface area contributed by atoms with Crippen LogP contribution in [0.25, 0.3) is 10.8 Å². The number of unbranched alkanes of at least 4 members (excludes halogenated alkanes) is 2. The molecule has 1 nitrogen and oxygen atoms in total. The number of benzene rings is 2. The number of rotatable bonds is 8. The molecule has 0 radical (unpaired) electrons. The maximum Gasteiger partial charge on any atom is 0.0233 e. The fourth-order valence-electron chi connectivity index (χ4n) is 2.63. The summed E-state index contributed by atoms with van der Waals surface area (Å²) in [6.45, 7) is 8.08. The summed E-state index contributed by atoms with van der Waals surface area (Å²) in [5, 5.41) is 2.70. The van der Waals surface area contributed by atoms with E-state index in [1.54, 1.807) is 0 Å². The van der Waals surface area contributed by atoms with Gasteiger partial charge in [-0.2, -0.15) is 0 Å². The predicted octanol–water partition coefficient (Wildman–Crippen LogP) is 5.24. The molecule has 0 fully saturated rings. The molecule has 20 heavy (non-hydrogen) atoms. The van der Waals surface area contributed by atoms with Crippen LogP contribution in [0.4, 0.5) is 0 Å². The summed E-state index contributed by atoms with van der Waals surface area (Å²) in [7, 11) is 0. The summed E-state index contributed by atoms with van der Waals surface area (Å²) in [4.78, 5) is 2.61. The first-order chi connectivity index (χ1) is 9.83. The van der Waals surface area contributed by atoms with Gasteiger partial charge in [0.05, 0.1) is 0 Å². The van der Waals surface area contributed by atoms with E-state index in [4.69, 9.17) is 0 Å². The molecular formula is C19H27N. The molecule has 2 rings (SSSR count). The van der Waals surface area contributed by atoms with E-state index in [0.717, 1.165) is 6.54 Å². The Bertz CT molecular complexity index is 510. The van der Waals surface area contributed by atoms with E-state index in [1.165, 1.54) is 55.1 Å². The molecule has 0 saturated heterocycles. The molecule has 0 aliphatic carbocycles. The van der Waals surface area contributed by atoms with Gasteiger partial charge in [-0.15, -0.1) is 0 Å². The highest BCUT2D eigenvalue weighted by Gasteiger charge is 2.05. The van der Waals surface area contributed by atoms with Crippen LogP contribution in [0.3, 0.4) is 0 Å². The molecule has 0 atom stereocenters. The Balaban J connectivity index is 2.06. The molecule has 0 unspecified atom stereocenters. The van der Waals surface area contributed by atoms with E-state index >= 15 is 0 Å². The van der Waals surface area contributed by atoms with E-state index < -0.39 is 0 Å². The summed E-state index contributed by atoms with van der Waals surface area (Å²) in [6, 6.07) is 15.5. The molecule has 0 amide bonds. The average Bonchev–Trinajstić information content (AvgIpc) is 2.50. The van der Waals surface area contributed by atoms with Crippen molar-refractivity contribution >= 4 is 10.8 Å². The van der Waals surface area contributed by atoms with Crippen molar-refractivity contribution in [1.29, 1.82) is 0 Å². The highest BCUT2D eigenvalue weighted by Crippen LogP contribution is 2.17. The third kappa shape index (κ3) is 4.35. The average molecular weight is 269 g/mol. The van der Waals surface area contributed by atoms with Crippen LogP contribution in [-0.4, -0.2) is 18.0 Å². The van der Waals surface area contributed by atoms with E-state index in [-0.39, 0.29) is 0 Å². The lowest BCUT2D eigenvalue weighted by atomic mass is 10.1. The van der Waals surface area contributed by atoms with Gasteiger partial charge in [-0.1, -0.05) is 63.1 Å². The Kier molecular flexibility index (Phi) is 6.07. The van der Waals surface area contributed by atoms with Crippen LogP contribution in [-0.2, 0) is 6.54 Å². The first-order valence-corrected chi connectivity index (χ1v) is 8.03. The maximum atomic E-state index is 2.61. The summed E-state index contributed by atoms with van der Waals surface area (Å²) in [5.74, 6) is 0. The largest absolute Gasteiger partial charge is 0.299 e. The Labute approximate surface area is 123 Å². The van der Waals surface area contributed by atoms with Crippen molar-refractivity contribution in [2.24, 2.45) is 0 Å². The van der Waals surface area contributed by atoms with Gasteiger partial charge in [0.15, 0.2) is 0 Å². The van der Waals surface area contributed by atoms with Crippen molar-refractivity contribution in [1.82, 2.24) is 4.90 Å². The molecule has 0 N–H and O–H groups in total. The zero-order chi connectivity index (χ0) is 14.2. The van der Waals surface area contributed by atoms with E-state index in [1.807, 2.05) is 0 Å². The minimum atomic E-state index is 1.09. The molecule has 0 bridgehead atoms. The van der Waals surface area contributed by atoms with Crippen molar-refractivity contribution in [2.45, 2.75) is 46.1 Å². The van der Waals surface area contributed by atoms with Gasteiger partial charge in [0, 0.05) is 6.54 Å². The maximum absolute atomic E-state index is 2.61.